The summed E-state index contributed by atoms with van der Waals surface area (Å²) < 4.78 is 21.4. The second-order valence-corrected chi connectivity index (χ2v) is 7.02. The van der Waals surface area contributed by atoms with Gasteiger partial charge in [0.25, 0.3) is 0 Å². The first-order valence-electron chi connectivity index (χ1n) is 10.3. The van der Waals surface area contributed by atoms with E-state index in [-0.39, 0.29) is 5.91 Å². The summed E-state index contributed by atoms with van der Waals surface area (Å²) >= 11 is 0. The van der Waals surface area contributed by atoms with E-state index in [1.807, 2.05) is 72.8 Å². The van der Waals surface area contributed by atoms with Gasteiger partial charge in [-0.3, -0.25) is 4.79 Å². The molecule has 0 saturated heterocycles. The Bertz CT molecular complexity index is 1140. The topological polar surface area (TPSA) is 66.0 Å². The third kappa shape index (κ3) is 6.40. The van der Waals surface area contributed by atoms with Gasteiger partial charge >= 0.3 is 0 Å². The summed E-state index contributed by atoms with van der Waals surface area (Å²) in [5, 5.41) is 2.88. The molecule has 6 nitrogen and oxygen atoms in total. The zero-order valence-electron chi connectivity index (χ0n) is 19.1. The van der Waals surface area contributed by atoms with Crippen molar-refractivity contribution in [2.75, 3.05) is 33.8 Å². The summed E-state index contributed by atoms with van der Waals surface area (Å²) in [6.45, 7) is 0. The molecule has 0 heterocycles. The van der Waals surface area contributed by atoms with Gasteiger partial charge in [-0.2, -0.15) is 0 Å². The third-order valence-corrected chi connectivity index (χ3v) is 4.83. The van der Waals surface area contributed by atoms with Crippen molar-refractivity contribution in [1.82, 2.24) is 0 Å². The minimum atomic E-state index is -0.219. The van der Waals surface area contributed by atoms with Gasteiger partial charge in [0.05, 0.1) is 28.4 Å². The number of carbonyl (C=O) groups excluding carboxylic acids is 1. The van der Waals surface area contributed by atoms with Crippen molar-refractivity contribution in [3.63, 3.8) is 0 Å². The predicted molar refractivity (Wildman–Crippen MR) is 132 cm³/mol. The highest BCUT2D eigenvalue weighted by atomic mass is 16.5. The first kappa shape index (κ1) is 23.5. The number of ether oxygens (including phenoxy) is 4. The van der Waals surface area contributed by atoms with E-state index in [4.69, 9.17) is 18.9 Å². The van der Waals surface area contributed by atoms with Gasteiger partial charge in [-0.15, -0.1) is 0 Å². The van der Waals surface area contributed by atoms with Crippen LogP contribution in [-0.2, 0) is 4.79 Å². The van der Waals surface area contributed by atoms with Gasteiger partial charge in [0.15, 0.2) is 11.5 Å². The van der Waals surface area contributed by atoms with E-state index < -0.39 is 0 Å². The molecule has 3 rings (SSSR count). The van der Waals surface area contributed by atoms with E-state index in [1.54, 1.807) is 34.5 Å². The summed E-state index contributed by atoms with van der Waals surface area (Å²) in [5.74, 6) is 2.23. The Hall–Kier alpha value is -4.19. The zero-order valence-corrected chi connectivity index (χ0v) is 19.1. The Morgan fingerprint density at radius 2 is 1.33 bits per heavy atom. The molecule has 0 spiro atoms. The number of carbonyl (C=O) groups is 1. The molecule has 0 unspecified atom stereocenters. The molecule has 33 heavy (non-hydrogen) atoms. The van der Waals surface area contributed by atoms with Crippen molar-refractivity contribution in [2.45, 2.75) is 0 Å². The fraction of sp³-hybridized carbons (Fsp3) is 0.148. The summed E-state index contributed by atoms with van der Waals surface area (Å²) in [6, 6.07) is 18.8. The first-order valence-corrected chi connectivity index (χ1v) is 10.3. The van der Waals surface area contributed by atoms with Gasteiger partial charge in [-0.1, -0.05) is 36.4 Å². The van der Waals surface area contributed by atoms with Gasteiger partial charge in [0.1, 0.15) is 5.75 Å². The molecule has 0 fully saturated rings. The van der Waals surface area contributed by atoms with Crippen molar-refractivity contribution in [3.05, 3.63) is 83.4 Å². The summed E-state index contributed by atoms with van der Waals surface area (Å²) in [7, 11) is 6.35. The average Bonchev–Trinajstić information content (AvgIpc) is 2.85. The zero-order chi connectivity index (χ0) is 23.6. The minimum absolute atomic E-state index is 0.219. The molecular formula is C27H27NO5. The standard InChI is InChI=1S/C27H27NO5/c1-30-23-10-6-8-20(16-23)13-14-26(29)28-22-9-5-7-19(15-22)11-12-21-17-24(31-2)27(33-4)25(18-21)32-3/h5-18H,1-4H3,(H,28,29)/b12-11?,14-13+. The fourth-order valence-corrected chi connectivity index (χ4v) is 3.21. The van der Waals surface area contributed by atoms with E-state index in [2.05, 4.69) is 5.32 Å². The monoisotopic (exact) mass is 445 g/mol. The van der Waals surface area contributed by atoms with Crippen molar-refractivity contribution >= 4 is 29.8 Å². The number of anilines is 1. The van der Waals surface area contributed by atoms with Gasteiger partial charge < -0.3 is 24.3 Å². The van der Waals surface area contributed by atoms with E-state index in [0.29, 0.717) is 22.9 Å². The lowest BCUT2D eigenvalue weighted by molar-refractivity contribution is -0.111. The Kier molecular flexibility index (Phi) is 8.13. The molecule has 0 aliphatic carbocycles. The van der Waals surface area contributed by atoms with Crippen LogP contribution < -0.4 is 24.3 Å². The maximum atomic E-state index is 12.3. The molecule has 3 aromatic carbocycles. The Morgan fingerprint density at radius 1 is 0.697 bits per heavy atom. The third-order valence-electron chi connectivity index (χ3n) is 4.83. The van der Waals surface area contributed by atoms with Crippen LogP contribution in [0.3, 0.4) is 0 Å². The van der Waals surface area contributed by atoms with Crippen LogP contribution in [0.1, 0.15) is 16.7 Å². The molecule has 0 radical (unpaired) electrons. The molecule has 0 aliphatic rings. The largest absolute Gasteiger partial charge is 0.497 e. The van der Waals surface area contributed by atoms with E-state index >= 15 is 0 Å². The highest BCUT2D eigenvalue weighted by Crippen LogP contribution is 2.38. The van der Waals surface area contributed by atoms with Crippen LogP contribution in [0.5, 0.6) is 23.0 Å². The molecule has 0 bridgehead atoms. The van der Waals surface area contributed by atoms with Crippen molar-refractivity contribution in [3.8, 4) is 23.0 Å². The highest BCUT2D eigenvalue weighted by molar-refractivity contribution is 6.02. The summed E-state index contributed by atoms with van der Waals surface area (Å²) in [5.41, 5.74) is 3.40. The molecule has 0 atom stereocenters. The molecule has 3 aromatic rings. The lowest BCUT2D eigenvalue weighted by atomic mass is 10.1. The van der Waals surface area contributed by atoms with E-state index in [0.717, 1.165) is 22.4 Å². The maximum absolute atomic E-state index is 12.3. The van der Waals surface area contributed by atoms with E-state index in [9.17, 15) is 4.79 Å². The van der Waals surface area contributed by atoms with Crippen molar-refractivity contribution in [1.29, 1.82) is 0 Å². The summed E-state index contributed by atoms with van der Waals surface area (Å²) in [6.07, 6.45) is 7.12. The van der Waals surface area contributed by atoms with Gasteiger partial charge in [-0.05, 0) is 59.2 Å². The fourth-order valence-electron chi connectivity index (χ4n) is 3.21. The van der Waals surface area contributed by atoms with Crippen LogP contribution in [0.2, 0.25) is 0 Å². The van der Waals surface area contributed by atoms with Gasteiger partial charge in [0, 0.05) is 11.8 Å². The Labute approximate surface area is 194 Å². The van der Waals surface area contributed by atoms with Crippen LogP contribution in [0, 0.1) is 0 Å². The number of methoxy groups -OCH3 is 4. The molecular weight excluding hydrogens is 418 g/mol. The second kappa shape index (κ2) is 11.4. The van der Waals surface area contributed by atoms with Crippen molar-refractivity contribution in [2.24, 2.45) is 0 Å². The molecule has 0 aromatic heterocycles. The maximum Gasteiger partial charge on any atom is 0.248 e. The number of rotatable bonds is 9. The SMILES string of the molecule is COc1cccc(/C=C/C(=O)Nc2cccc(C=Cc3cc(OC)c(OC)c(OC)c3)c2)c1. The minimum Gasteiger partial charge on any atom is -0.497 e. The molecule has 1 amide bonds. The molecule has 170 valence electrons. The van der Waals surface area contributed by atoms with Crippen LogP contribution in [0.15, 0.2) is 66.7 Å². The van der Waals surface area contributed by atoms with Crippen LogP contribution in [0.25, 0.3) is 18.2 Å². The van der Waals surface area contributed by atoms with E-state index in [1.165, 1.54) is 6.08 Å². The smallest absolute Gasteiger partial charge is 0.248 e. The predicted octanol–water partition coefficient (Wildman–Crippen LogP) is 5.54. The highest BCUT2D eigenvalue weighted by Gasteiger charge is 2.12. The van der Waals surface area contributed by atoms with Crippen LogP contribution in [-0.4, -0.2) is 34.3 Å². The second-order valence-electron chi connectivity index (χ2n) is 7.02. The number of hydrogen-bond acceptors (Lipinski definition) is 5. The van der Waals surface area contributed by atoms with Crippen LogP contribution in [0.4, 0.5) is 5.69 Å². The average molecular weight is 446 g/mol. The summed E-state index contributed by atoms with van der Waals surface area (Å²) in [4.78, 5) is 12.3. The molecule has 0 aliphatic heterocycles. The lowest BCUT2D eigenvalue weighted by Crippen LogP contribution is -2.07. The first-order chi connectivity index (χ1) is 16.1. The van der Waals surface area contributed by atoms with Crippen LogP contribution >= 0.6 is 0 Å². The normalized spacial score (nSPS) is 10.9. The van der Waals surface area contributed by atoms with Gasteiger partial charge in [-0.25, -0.2) is 0 Å². The van der Waals surface area contributed by atoms with Crippen molar-refractivity contribution < 1.29 is 23.7 Å². The molecule has 6 heteroatoms. The molecule has 1 N–H and O–H groups in total. The van der Waals surface area contributed by atoms with Gasteiger partial charge in [0.2, 0.25) is 11.7 Å². The number of amides is 1. The molecule has 0 saturated carbocycles. The Morgan fingerprint density at radius 3 is 1.97 bits per heavy atom. The number of nitrogens with one attached hydrogen (secondary N) is 1. The number of benzene rings is 3. The number of hydrogen-bond donors (Lipinski definition) is 1. The Balaban J connectivity index is 1.71. The lowest BCUT2D eigenvalue weighted by Gasteiger charge is -2.12. The quantitative estimate of drug-likeness (QED) is 0.346.